The van der Waals surface area contributed by atoms with Crippen LogP contribution in [0, 0.1) is 0 Å². The minimum Gasteiger partial charge on any atom is -0.375 e. The fraction of sp³-hybridized carbons (Fsp3) is 0.562. The number of rotatable bonds is 3. The highest BCUT2D eigenvalue weighted by molar-refractivity contribution is 5.82. The molecule has 0 saturated carbocycles. The Morgan fingerprint density at radius 1 is 1.48 bits per heavy atom. The molecule has 2 aliphatic rings. The fourth-order valence-electron chi connectivity index (χ4n) is 3.26. The Bertz CT molecular complexity index is 506. The van der Waals surface area contributed by atoms with Crippen LogP contribution >= 0.6 is 0 Å². The number of nitrogens with one attached hydrogen (secondary N) is 2. The van der Waals surface area contributed by atoms with Gasteiger partial charge in [0, 0.05) is 26.2 Å². The number of carbonyl (C=O) groups excluding carboxylic acids is 1. The van der Waals surface area contributed by atoms with Gasteiger partial charge in [-0.05, 0) is 18.1 Å². The monoisotopic (exact) mass is 289 g/mol. The first-order chi connectivity index (χ1) is 10.3. The average Bonchev–Trinajstić information content (AvgIpc) is 2.54. The van der Waals surface area contributed by atoms with E-state index in [4.69, 9.17) is 4.74 Å². The number of carbonyl (C=O) groups is 1. The van der Waals surface area contributed by atoms with E-state index in [0.717, 1.165) is 13.1 Å². The van der Waals surface area contributed by atoms with Gasteiger partial charge in [-0.3, -0.25) is 9.69 Å². The second kappa shape index (κ2) is 6.56. The summed E-state index contributed by atoms with van der Waals surface area (Å²) in [4.78, 5) is 14.6. The zero-order chi connectivity index (χ0) is 14.7. The lowest BCUT2D eigenvalue weighted by Gasteiger charge is -2.42. The van der Waals surface area contributed by atoms with E-state index in [2.05, 4.69) is 33.7 Å². The quantitative estimate of drug-likeness (QED) is 0.859. The molecule has 2 N–H and O–H groups in total. The molecule has 0 aliphatic carbocycles. The van der Waals surface area contributed by atoms with Crippen molar-refractivity contribution in [2.24, 2.45) is 0 Å². The van der Waals surface area contributed by atoms with Crippen LogP contribution < -0.4 is 10.6 Å². The lowest BCUT2D eigenvalue weighted by Crippen LogP contribution is -2.59. The van der Waals surface area contributed by atoms with Gasteiger partial charge in [0.25, 0.3) is 0 Å². The summed E-state index contributed by atoms with van der Waals surface area (Å²) >= 11 is 0. The first-order valence-electron chi connectivity index (χ1n) is 7.71. The van der Waals surface area contributed by atoms with Crippen molar-refractivity contribution in [3.05, 3.63) is 35.4 Å². The smallest absolute Gasteiger partial charge is 0.238 e. The summed E-state index contributed by atoms with van der Waals surface area (Å²) in [6.07, 6.45) is 0. The molecule has 5 heteroatoms. The van der Waals surface area contributed by atoms with Crippen LogP contribution in [0.4, 0.5) is 0 Å². The topological polar surface area (TPSA) is 53.6 Å². The third-order valence-corrected chi connectivity index (χ3v) is 4.29. The summed E-state index contributed by atoms with van der Waals surface area (Å²) in [5.74, 6) is 0.104. The van der Waals surface area contributed by atoms with Crippen molar-refractivity contribution in [1.82, 2.24) is 15.5 Å². The maximum absolute atomic E-state index is 12.3. The Labute approximate surface area is 125 Å². The van der Waals surface area contributed by atoms with Gasteiger partial charge < -0.3 is 15.4 Å². The maximum atomic E-state index is 12.3. The normalized spacial score (nSPS) is 26.1. The molecule has 5 nitrogen and oxygen atoms in total. The van der Waals surface area contributed by atoms with E-state index in [0.29, 0.717) is 26.3 Å². The molecule has 21 heavy (non-hydrogen) atoms. The van der Waals surface area contributed by atoms with Gasteiger partial charge in [0.05, 0.1) is 19.3 Å². The van der Waals surface area contributed by atoms with Gasteiger partial charge in [0.2, 0.25) is 5.91 Å². The zero-order valence-electron chi connectivity index (χ0n) is 12.5. The summed E-state index contributed by atoms with van der Waals surface area (Å²) in [5, 5.41) is 6.27. The summed E-state index contributed by atoms with van der Waals surface area (Å²) in [6.45, 7) is 6.43. The Morgan fingerprint density at radius 2 is 2.33 bits per heavy atom. The number of hydrogen-bond acceptors (Lipinski definition) is 4. The number of benzene rings is 1. The molecule has 114 valence electrons. The first-order valence-corrected chi connectivity index (χ1v) is 7.71. The molecule has 1 saturated heterocycles. The van der Waals surface area contributed by atoms with Crippen LogP contribution in [0.15, 0.2) is 24.3 Å². The molecular weight excluding hydrogens is 266 g/mol. The number of nitrogens with zero attached hydrogens (tertiary/aromatic N) is 1. The summed E-state index contributed by atoms with van der Waals surface area (Å²) in [5.41, 5.74) is 2.54. The highest BCUT2D eigenvalue weighted by atomic mass is 16.5. The van der Waals surface area contributed by atoms with E-state index < -0.39 is 0 Å². The van der Waals surface area contributed by atoms with Gasteiger partial charge >= 0.3 is 0 Å². The number of likely N-dealkylation sites (N-methyl/N-ethyl adjacent to an activating group) is 1. The lowest BCUT2D eigenvalue weighted by molar-refractivity contribution is -0.129. The molecule has 0 bridgehead atoms. The maximum Gasteiger partial charge on any atom is 0.238 e. The minimum absolute atomic E-state index is 0.104. The van der Waals surface area contributed by atoms with Crippen molar-refractivity contribution >= 4 is 5.91 Å². The number of fused-ring (bicyclic) bond motifs is 1. The molecule has 1 fully saturated rings. The van der Waals surface area contributed by atoms with Crippen molar-refractivity contribution in [2.75, 3.05) is 32.8 Å². The van der Waals surface area contributed by atoms with E-state index in [1.807, 2.05) is 13.0 Å². The molecule has 0 radical (unpaired) electrons. The number of piperazine rings is 1. The van der Waals surface area contributed by atoms with E-state index in [1.165, 1.54) is 11.1 Å². The number of amides is 1. The van der Waals surface area contributed by atoms with Gasteiger partial charge in [-0.1, -0.05) is 24.3 Å². The Kier molecular flexibility index (Phi) is 4.53. The molecule has 2 atom stereocenters. The number of ether oxygens (including phenoxy) is 1. The third kappa shape index (κ3) is 2.95. The van der Waals surface area contributed by atoms with Crippen LogP contribution in [-0.4, -0.2) is 49.6 Å². The average molecular weight is 289 g/mol. The second-order valence-corrected chi connectivity index (χ2v) is 5.58. The molecule has 2 unspecified atom stereocenters. The molecule has 1 amide bonds. The van der Waals surface area contributed by atoms with Crippen LogP contribution in [0.1, 0.15) is 24.1 Å². The fourth-order valence-corrected chi connectivity index (χ4v) is 3.26. The molecule has 2 heterocycles. The largest absolute Gasteiger partial charge is 0.375 e. The summed E-state index contributed by atoms with van der Waals surface area (Å²) in [7, 11) is 0. The molecule has 0 spiro atoms. The molecule has 1 aromatic carbocycles. The highest BCUT2D eigenvalue weighted by Crippen LogP contribution is 2.31. The molecule has 1 aromatic rings. The van der Waals surface area contributed by atoms with E-state index in [9.17, 15) is 4.79 Å². The lowest BCUT2D eigenvalue weighted by atomic mass is 9.95. The van der Waals surface area contributed by atoms with Crippen molar-refractivity contribution in [2.45, 2.75) is 25.6 Å². The van der Waals surface area contributed by atoms with Crippen molar-refractivity contribution in [3.8, 4) is 0 Å². The van der Waals surface area contributed by atoms with Gasteiger partial charge in [-0.15, -0.1) is 0 Å². The summed E-state index contributed by atoms with van der Waals surface area (Å²) in [6, 6.07) is 8.44. The van der Waals surface area contributed by atoms with E-state index in [-0.39, 0.29) is 18.0 Å². The van der Waals surface area contributed by atoms with Gasteiger partial charge in [-0.2, -0.15) is 0 Å². The zero-order valence-corrected chi connectivity index (χ0v) is 12.5. The van der Waals surface area contributed by atoms with Gasteiger partial charge in [0.15, 0.2) is 0 Å². The summed E-state index contributed by atoms with van der Waals surface area (Å²) < 4.78 is 5.76. The van der Waals surface area contributed by atoms with Crippen LogP contribution in [0.3, 0.4) is 0 Å². The van der Waals surface area contributed by atoms with Crippen LogP contribution in [0.5, 0.6) is 0 Å². The molecule has 3 rings (SSSR count). The van der Waals surface area contributed by atoms with Crippen LogP contribution in [-0.2, 0) is 16.1 Å². The standard InChI is InChI=1S/C16H23N3O2/c1-2-18-16(20)14-9-17-7-8-19(14)15-11-21-10-12-5-3-4-6-13(12)15/h3-6,14-15,17H,2,7-11H2,1H3,(H,18,20). The number of hydrogen-bond donors (Lipinski definition) is 2. The Balaban J connectivity index is 1.85. The highest BCUT2D eigenvalue weighted by Gasteiger charge is 2.36. The van der Waals surface area contributed by atoms with Crippen molar-refractivity contribution < 1.29 is 9.53 Å². The van der Waals surface area contributed by atoms with Crippen LogP contribution in [0.25, 0.3) is 0 Å². The predicted octanol–water partition coefficient (Wildman–Crippen LogP) is 0.668. The van der Waals surface area contributed by atoms with Crippen molar-refractivity contribution in [3.63, 3.8) is 0 Å². The predicted molar refractivity (Wildman–Crippen MR) is 80.9 cm³/mol. The first kappa shape index (κ1) is 14.5. The molecule has 0 aromatic heterocycles. The Morgan fingerprint density at radius 3 is 3.19 bits per heavy atom. The Hall–Kier alpha value is -1.43. The van der Waals surface area contributed by atoms with E-state index in [1.54, 1.807) is 0 Å². The SMILES string of the molecule is CCNC(=O)C1CNCCN1C1COCc2ccccc21. The van der Waals surface area contributed by atoms with E-state index >= 15 is 0 Å². The molecular formula is C16H23N3O2. The van der Waals surface area contributed by atoms with Crippen LogP contribution in [0.2, 0.25) is 0 Å². The van der Waals surface area contributed by atoms with Crippen molar-refractivity contribution in [1.29, 1.82) is 0 Å². The molecule has 2 aliphatic heterocycles. The van der Waals surface area contributed by atoms with Gasteiger partial charge in [0.1, 0.15) is 6.04 Å². The third-order valence-electron chi connectivity index (χ3n) is 4.29. The minimum atomic E-state index is -0.126. The van der Waals surface area contributed by atoms with Gasteiger partial charge in [-0.25, -0.2) is 0 Å². The second-order valence-electron chi connectivity index (χ2n) is 5.58.